The highest BCUT2D eigenvalue weighted by molar-refractivity contribution is 6.05. The molecule has 0 aliphatic carbocycles. The molecule has 0 fully saturated rings. The van der Waals surface area contributed by atoms with Gasteiger partial charge in [-0.25, -0.2) is 9.97 Å². The second-order valence-corrected chi connectivity index (χ2v) is 5.67. The standard InChI is InChI=1S/C18H20N4O/c1-5-22-11(2)8-14-9-15(6-7-17(14)22)21-18(23)16-10-19-13(4)20-12(16)3/h6-10H,5H2,1-4H3,(H,21,23). The number of benzene rings is 1. The summed E-state index contributed by atoms with van der Waals surface area (Å²) in [6, 6.07) is 8.10. The van der Waals surface area contributed by atoms with E-state index in [1.165, 1.54) is 11.2 Å². The summed E-state index contributed by atoms with van der Waals surface area (Å²) in [6.07, 6.45) is 1.57. The Bertz CT molecular complexity index is 895. The number of nitrogens with one attached hydrogen (secondary N) is 1. The van der Waals surface area contributed by atoms with E-state index in [-0.39, 0.29) is 5.91 Å². The molecule has 1 N–H and O–H groups in total. The SMILES string of the molecule is CCn1c(C)cc2cc(NC(=O)c3cnc(C)nc3C)ccc21. The fourth-order valence-electron chi connectivity index (χ4n) is 2.91. The number of aryl methyl sites for hydroxylation is 4. The molecule has 118 valence electrons. The van der Waals surface area contributed by atoms with E-state index in [1.807, 2.05) is 32.0 Å². The predicted octanol–water partition coefficient (Wildman–Crippen LogP) is 3.63. The molecule has 5 nitrogen and oxygen atoms in total. The van der Waals surface area contributed by atoms with Crippen molar-refractivity contribution >= 4 is 22.5 Å². The number of fused-ring (bicyclic) bond motifs is 1. The number of rotatable bonds is 3. The Hall–Kier alpha value is -2.69. The van der Waals surface area contributed by atoms with Crippen molar-refractivity contribution in [1.82, 2.24) is 14.5 Å². The average molecular weight is 308 g/mol. The van der Waals surface area contributed by atoms with Gasteiger partial charge in [0, 0.05) is 35.0 Å². The molecule has 3 aromatic rings. The number of aromatic nitrogens is 3. The average Bonchev–Trinajstić information content (AvgIpc) is 2.81. The largest absolute Gasteiger partial charge is 0.345 e. The van der Waals surface area contributed by atoms with Gasteiger partial charge >= 0.3 is 0 Å². The fourth-order valence-corrected chi connectivity index (χ4v) is 2.91. The number of carbonyl (C=O) groups is 1. The van der Waals surface area contributed by atoms with Gasteiger partial charge in [-0.2, -0.15) is 0 Å². The normalized spacial score (nSPS) is 11.0. The first-order valence-electron chi connectivity index (χ1n) is 7.71. The smallest absolute Gasteiger partial charge is 0.259 e. The Morgan fingerprint density at radius 2 is 2.00 bits per heavy atom. The summed E-state index contributed by atoms with van der Waals surface area (Å²) in [6.45, 7) is 8.78. The summed E-state index contributed by atoms with van der Waals surface area (Å²) in [7, 11) is 0. The molecule has 5 heteroatoms. The maximum Gasteiger partial charge on any atom is 0.259 e. The van der Waals surface area contributed by atoms with E-state index in [9.17, 15) is 4.79 Å². The van der Waals surface area contributed by atoms with Crippen molar-refractivity contribution in [2.45, 2.75) is 34.2 Å². The molecule has 0 bridgehead atoms. The van der Waals surface area contributed by atoms with E-state index in [0.717, 1.165) is 17.6 Å². The number of carbonyl (C=O) groups excluding carboxylic acids is 1. The molecule has 0 unspecified atom stereocenters. The van der Waals surface area contributed by atoms with Crippen LogP contribution in [0.1, 0.15) is 34.5 Å². The maximum absolute atomic E-state index is 12.4. The molecule has 0 aliphatic heterocycles. The molecule has 1 amide bonds. The van der Waals surface area contributed by atoms with Gasteiger partial charge in [-0.1, -0.05) is 0 Å². The van der Waals surface area contributed by atoms with E-state index < -0.39 is 0 Å². The first-order chi connectivity index (χ1) is 11.0. The monoisotopic (exact) mass is 308 g/mol. The van der Waals surface area contributed by atoms with Crippen molar-refractivity contribution in [1.29, 1.82) is 0 Å². The van der Waals surface area contributed by atoms with Crippen LogP contribution in [-0.2, 0) is 6.54 Å². The highest BCUT2D eigenvalue weighted by Crippen LogP contribution is 2.23. The third-order valence-corrected chi connectivity index (χ3v) is 4.03. The van der Waals surface area contributed by atoms with Gasteiger partial charge in [0.25, 0.3) is 5.91 Å². The molecule has 2 aromatic heterocycles. The van der Waals surface area contributed by atoms with Gasteiger partial charge in [0.15, 0.2) is 0 Å². The second-order valence-electron chi connectivity index (χ2n) is 5.67. The van der Waals surface area contributed by atoms with Crippen molar-refractivity contribution in [3.05, 3.63) is 53.2 Å². The van der Waals surface area contributed by atoms with Crippen LogP contribution in [0.25, 0.3) is 10.9 Å². The van der Waals surface area contributed by atoms with E-state index in [2.05, 4.69) is 39.8 Å². The molecule has 23 heavy (non-hydrogen) atoms. The lowest BCUT2D eigenvalue weighted by atomic mass is 10.2. The topological polar surface area (TPSA) is 59.8 Å². The summed E-state index contributed by atoms with van der Waals surface area (Å²) in [5.74, 6) is 0.477. The number of amides is 1. The van der Waals surface area contributed by atoms with Crippen LogP contribution < -0.4 is 5.32 Å². The van der Waals surface area contributed by atoms with Crippen LogP contribution in [0, 0.1) is 20.8 Å². The summed E-state index contributed by atoms with van der Waals surface area (Å²) < 4.78 is 2.25. The van der Waals surface area contributed by atoms with Gasteiger partial charge in [-0.05, 0) is 52.0 Å². The Kier molecular flexibility index (Phi) is 3.86. The number of anilines is 1. The molecule has 0 radical (unpaired) electrons. The zero-order valence-corrected chi connectivity index (χ0v) is 13.8. The Labute approximate surface area is 135 Å². The number of nitrogens with zero attached hydrogens (tertiary/aromatic N) is 3. The van der Waals surface area contributed by atoms with Crippen LogP contribution in [0.15, 0.2) is 30.5 Å². The molecular weight excluding hydrogens is 288 g/mol. The fraction of sp³-hybridized carbons (Fsp3) is 0.278. The highest BCUT2D eigenvalue weighted by Gasteiger charge is 2.12. The molecule has 0 atom stereocenters. The molecule has 2 heterocycles. The third kappa shape index (κ3) is 2.82. The molecule has 0 spiro atoms. The van der Waals surface area contributed by atoms with Crippen molar-refractivity contribution < 1.29 is 4.79 Å². The number of hydrogen-bond donors (Lipinski definition) is 1. The molecule has 0 aliphatic rings. The van der Waals surface area contributed by atoms with Gasteiger partial charge < -0.3 is 9.88 Å². The van der Waals surface area contributed by atoms with Crippen molar-refractivity contribution in [2.24, 2.45) is 0 Å². The maximum atomic E-state index is 12.4. The lowest BCUT2D eigenvalue weighted by Gasteiger charge is -2.08. The summed E-state index contributed by atoms with van der Waals surface area (Å²) in [5, 5.41) is 4.05. The minimum atomic E-state index is -0.187. The lowest BCUT2D eigenvalue weighted by Crippen LogP contribution is -2.15. The van der Waals surface area contributed by atoms with Crippen LogP contribution in [0.3, 0.4) is 0 Å². The molecule has 0 saturated carbocycles. The zero-order chi connectivity index (χ0) is 16.6. The minimum absolute atomic E-state index is 0.187. The molecular formula is C18H20N4O. The van der Waals surface area contributed by atoms with Crippen LogP contribution in [-0.4, -0.2) is 20.4 Å². The Morgan fingerprint density at radius 3 is 2.70 bits per heavy atom. The van der Waals surface area contributed by atoms with E-state index in [1.54, 1.807) is 6.20 Å². The highest BCUT2D eigenvalue weighted by atomic mass is 16.1. The Balaban J connectivity index is 1.90. The van der Waals surface area contributed by atoms with E-state index in [0.29, 0.717) is 17.1 Å². The van der Waals surface area contributed by atoms with E-state index >= 15 is 0 Å². The molecule has 1 aromatic carbocycles. The predicted molar refractivity (Wildman–Crippen MR) is 91.8 cm³/mol. The molecule has 3 rings (SSSR count). The van der Waals surface area contributed by atoms with Crippen molar-refractivity contribution in [3.63, 3.8) is 0 Å². The molecule has 0 saturated heterocycles. The zero-order valence-electron chi connectivity index (χ0n) is 13.8. The van der Waals surface area contributed by atoms with Gasteiger partial charge in [0.1, 0.15) is 5.82 Å². The van der Waals surface area contributed by atoms with Crippen molar-refractivity contribution in [2.75, 3.05) is 5.32 Å². The van der Waals surface area contributed by atoms with Gasteiger partial charge in [-0.15, -0.1) is 0 Å². The summed E-state index contributed by atoms with van der Waals surface area (Å²) in [5.41, 5.74) is 4.35. The van der Waals surface area contributed by atoms with Crippen LogP contribution in [0.4, 0.5) is 5.69 Å². The van der Waals surface area contributed by atoms with Crippen LogP contribution in [0.2, 0.25) is 0 Å². The summed E-state index contributed by atoms with van der Waals surface area (Å²) in [4.78, 5) is 20.8. The first kappa shape index (κ1) is 15.2. The van der Waals surface area contributed by atoms with Gasteiger partial charge in [-0.3, -0.25) is 4.79 Å². The number of hydrogen-bond acceptors (Lipinski definition) is 3. The van der Waals surface area contributed by atoms with Crippen LogP contribution in [0.5, 0.6) is 0 Å². The van der Waals surface area contributed by atoms with Crippen molar-refractivity contribution in [3.8, 4) is 0 Å². The van der Waals surface area contributed by atoms with Crippen LogP contribution >= 0.6 is 0 Å². The Morgan fingerprint density at radius 1 is 1.22 bits per heavy atom. The summed E-state index contributed by atoms with van der Waals surface area (Å²) >= 11 is 0. The van der Waals surface area contributed by atoms with Gasteiger partial charge in [0.05, 0.1) is 11.3 Å². The lowest BCUT2D eigenvalue weighted by molar-refractivity contribution is 0.102. The quantitative estimate of drug-likeness (QED) is 0.803. The van der Waals surface area contributed by atoms with Gasteiger partial charge in [0.2, 0.25) is 0 Å². The first-order valence-corrected chi connectivity index (χ1v) is 7.71. The second kappa shape index (κ2) is 5.83. The minimum Gasteiger partial charge on any atom is -0.345 e. The van der Waals surface area contributed by atoms with E-state index in [4.69, 9.17) is 0 Å². The third-order valence-electron chi connectivity index (χ3n) is 4.03.